The molecule has 0 aliphatic rings. The molecule has 0 aromatic heterocycles. The Morgan fingerprint density at radius 1 is 0.862 bits per heavy atom. The monoisotopic (exact) mass is 409 g/mol. The van der Waals surface area contributed by atoms with Crippen molar-refractivity contribution in [3.05, 3.63) is 100 Å². The first-order valence-corrected chi connectivity index (χ1v) is 9.08. The number of benzene rings is 3. The summed E-state index contributed by atoms with van der Waals surface area (Å²) in [6, 6.07) is 18.8. The summed E-state index contributed by atoms with van der Waals surface area (Å²) in [4.78, 5) is 24.4. The average Bonchev–Trinajstić information content (AvgIpc) is 2.73. The predicted molar refractivity (Wildman–Crippen MR) is 112 cm³/mol. The van der Waals surface area contributed by atoms with Gasteiger partial charge >= 0.3 is 0 Å². The summed E-state index contributed by atoms with van der Waals surface area (Å²) in [5.74, 6) is -1.13. The van der Waals surface area contributed by atoms with E-state index in [1.54, 1.807) is 55.5 Å². The van der Waals surface area contributed by atoms with Crippen LogP contribution >= 0.6 is 11.6 Å². The fourth-order valence-corrected chi connectivity index (χ4v) is 2.62. The molecule has 3 aromatic carbocycles. The topological polar surface area (TPSA) is 70.6 Å². The zero-order valence-electron chi connectivity index (χ0n) is 15.4. The van der Waals surface area contributed by atoms with Crippen LogP contribution in [0.5, 0.6) is 0 Å². The van der Waals surface area contributed by atoms with Crippen molar-refractivity contribution in [2.45, 2.75) is 6.92 Å². The number of anilines is 1. The van der Waals surface area contributed by atoms with Crippen LogP contribution in [0.1, 0.15) is 33.2 Å². The van der Waals surface area contributed by atoms with Gasteiger partial charge in [0.15, 0.2) is 0 Å². The molecular formula is C22H17ClFN3O2. The Labute approximate surface area is 172 Å². The van der Waals surface area contributed by atoms with Crippen molar-refractivity contribution in [2.75, 3.05) is 5.32 Å². The van der Waals surface area contributed by atoms with Crippen LogP contribution in [0, 0.1) is 5.82 Å². The first-order valence-electron chi connectivity index (χ1n) is 8.70. The average molecular weight is 410 g/mol. The highest BCUT2D eigenvalue weighted by atomic mass is 35.5. The number of hydrogen-bond acceptors (Lipinski definition) is 3. The summed E-state index contributed by atoms with van der Waals surface area (Å²) in [6.07, 6.45) is 0. The Hall–Kier alpha value is -3.51. The molecule has 0 atom stereocenters. The quantitative estimate of drug-likeness (QED) is 0.465. The van der Waals surface area contributed by atoms with Gasteiger partial charge in [0, 0.05) is 21.8 Å². The number of halogens is 2. The van der Waals surface area contributed by atoms with Crippen molar-refractivity contribution in [1.29, 1.82) is 0 Å². The Bertz CT molecular complexity index is 1060. The van der Waals surface area contributed by atoms with Crippen LogP contribution in [0.4, 0.5) is 10.1 Å². The Balaban J connectivity index is 1.68. The van der Waals surface area contributed by atoms with Crippen LogP contribution in [-0.2, 0) is 0 Å². The summed E-state index contributed by atoms with van der Waals surface area (Å²) in [5.41, 5.74) is 5.07. The van der Waals surface area contributed by atoms with Gasteiger partial charge in [0.25, 0.3) is 11.8 Å². The van der Waals surface area contributed by atoms with Crippen LogP contribution in [0.25, 0.3) is 0 Å². The first kappa shape index (κ1) is 20.2. The Kier molecular flexibility index (Phi) is 6.36. The molecule has 0 unspecified atom stereocenters. The number of hydrogen-bond donors (Lipinski definition) is 2. The zero-order chi connectivity index (χ0) is 20.8. The summed E-state index contributed by atoms with van der Waals surface area (Å²) in [7, 11) is 0. The molecule has 0 fully saturated rings. The van der Waals surface area contributed by atoms with Gasteiger partial charge in [-0.05, 0) is 73.2 Å². The van der Waals surface area contributed by atoms with E-state index in [0.717, 1.165) is 5.56 Å². The highest BCUT2D eigenvalue weighted by molar-refractivity contribution is 6.30. The Morgan fingerprint density at radius 3 is 2.17 bits per heavy atom. The van der Waals surface area contributed by atoms with Gasteiger partial charge in [0.05, 0.1) is 5.71 Å². The normalized spacial score (nSPS) is 11.1. The highest BCUT2D eigenvalue weighted by Gasteiger charge is 2.08. The smallest absolute Gasteiger partial charge is 0.271 e. The minimum absolute atomic E-state index is 0.266. The van der Waals surface area contributed by atoms with Gasteiger partial charge in [-0.25, -0.2) is 9.82 Å². The second kappa shape index (κ2) is 9.12. The van der Waals surface area contributed by atoms with Gasteiger partial charge in [-0.2, -0.15) is 5.10 Å². The summed E-state index contributed by atoms with van der Waals surface area (Å²) >= 11 is 5.84. The van der Waals surface area contributed by atoms with E-state index >= 15 is 0 Å². The number of nitrogens with zero attached hydrogens (tertiary/aromatic N) is 1. The molecule has 2 amide bonds. The molecule has 0 saturated carbocycles. The lowest BCUT2D eigenvalue weighted by atomic mass is 10.1. The third kappa shape index (κ3) is 5.49. The molecule has 0 aliphatic heterocycles. The molecule has 0 saturated heterocycles. The van der Waals surface area contributed by atoms with Crippen molar-refractivity contribution in [3.8, 4) is 0 Å². The minimum Gasteiger partial charge on any atom is -0.322 e. The van der Waals surface area contributed by atoms with Crippen molar-refractivity contribution in [3.63, 3.8) is 0 Å². The first-order chi connectivity index (χ1) is 13.9. The van der Waals surface area contributed by atoms with Gasteiger partial charge in [-0.15, -0.1) is 0 Å². The SMILES string of the molecule is CC(=NNC(=O)c1ccc(F)cc1)c1cccc(NC(=O)c2ccc(Cl)cc2)c1. The van der Waals surface area contributed by atoms with E-state index < -0.39 is 11.7 Å². The molecular weight excluding hydrogens is 393 g/mol. The van der Waals surface area contributed by atoms with E-state index in [1.807, 2.05) is 0 Å². The number of amides is 2. The number of rotatable bonds is 5. The maximum atomic E-state index is 12.9. The van der Waals surface area contributed by atoms with E-state index in [0.29, 0.717) is 27.5 Å². The van der Waals surface area contributed by atoms with Gasteiger partial charge < -0.3 is 5.32 Å². The fourth-order valence-electron chi connectivity index (χ4n) is 2.49. The summed E-state index contributed by atoms with van der Waals surface area (Å²) in [5, 5.41) is 7.44. The lowest BCUT2D eigenvalue weighted by Crippen LogP contribution is -2.19. The lowest BCUT2D eigenvalue weighted by molar-refractivity contribution is 0.0954. The second-order valence-electron chi connectivity index (χ2n) is 6.19. The molecule has 0 aliphatic carbocycles. The van der Waals surface area contributed by atoms with Gasteiger partial charge in [-0.3, -0.25) is 9.59 Å². The van der Waals surface area contributed by atoms with E-state index in [4.69, 9.17) is 11.6 Å². The number of nitrogens with one attached hydrogen (secondary N) is 2. The molecule has 0 radical (unpaired) electrons. The molecule has 2 N–H and O–H groups in total. The number of carbonyl (C=O) groups is 2. The fraction of sp³-hybridized carbons (Fsp3) is 0.0455. The molecule has 5 nitrogen and oxygen atoms in total. The predicted octanol–water partition coefficient (Wildman–Crippen LogP) is 4.89. The van der Waals surface area contributed by atoms with Crippen LogP contribution < -0.4 is 10.7 Å². The van der Waals surface area contributed by atoms with Gasteiger partial charge in [0.2, 0.25) is 0 Å². The van der Waals surface area contributed by atoms with E-state index in [-0.39, 0.29) is 5.91 Å². The van der Waals surface area contributed by atoms with E-state index in [9.17, 15) is 14.0 Å². The number of hydrazone groups is 1. The van der Waals surface area contributed by atoms with Crippen molar-refractivity contribution >= 4 is 34.8 Å². The molecule has 0 bridgehead atoms. The lowest BCUT2D eigenvalue weighted by Gasteiger charge is -2.08. The maximum absolute atomic E-state index is 12.9. The summed E-state index contributed by atoms with van der Waals surface area (Å²) in [6.45, 7) is 1.73. The second-order valence-corrected chi connectivity index (χ2v) is 6.62. The summed E-state index contributed by atoms with van der Waals surface area (Å²) < 4.78 is 12.9. The third-order valence-electron chi connectivity index (χ3n) is 4.08. The van der Waals surface area contributed by atoms with Crippen LogP contribution in [0.15, 0.2) is 77.9 Å². The van der Waals surface area contributed by atoms with Crippen LogP contribution in [0.2, 0.25) is 5.02 Å². The minimum atomic E-state index is -0.448. The molecule has 146 valence electrons. The van der Waals surface area contributed by atoms with E-state index in [2.05, 4.69) is 15.8 Å². The largest absolute Gasteiger partial charge is 0.322 e. The molecule has 3 rings (SSSR count). The van der Waals surface area contributed by atoms with Crippen molar-refractivity contribution in [1.82, 2.24) is 5.43 Å². The molecule has 7 heteroatoms. The molecule has 3 aromatic rings. The highest BCUT2D eigenvalue weighted by Crippen LogP contribution is 2.15. The van der Waals surface area contributed by atoms with Crippen LogP contribution in [0.3, 0.4) is 0 Å². The third-order valence-corrected chi connectivity index (χ3v) is 4.33. The van der Waals surface area contributed by atoms with E-state index in [1.165, 1.54) is 24.3 Å². The molecule has 0 spiro atoms. The number of carbonyl (C=O) groups excluding carboxylic acids is 2. The van der Waals surface area contributed by atoms with Gasteiger partial charge in [0.1, 0.15) is 5.82 Å². The van der Waals surface area contributed by atoms with Crippen molar-refractivity contribution < 1.29 is 14.0 Å². The Morgan fingerprint density at radius 2 is 1.48 bits per heavy atom. The maximum Gasteiger partial charge on any atom is 0.271 e. The standard InChI is InChI=1S/C22H17ClFN3O2/c1-14(26-27-22(29)16-7-11-19(24)12-8-16)17-3-2-4-20(13-17)25-21(28)15-5-9-18(23)10-6-15/h2-13H,1H3,(H,25,28)(H,27,29). The van der Waals surface area contributed by atoms with Gasteiger partial charge in [-0.1, -0.05) is 23.7 Å². The zero-order valence-corrected chi connectivity index (χ0v) is 16.2. The molecule has 29 heavy (non-hydrogen) atoms. The van der Waals surface area contributed by atoms with Crippen LogP contribution in [-0.4, -0.2) is 17.5 Å². The van der Waals surface area contributed by atoms with Crippen molar-refractivity contribution in [2.24, 2.45) is 5.10 Å². The molecule has 0 heterocycles.